The van der Waals surface area contributed by atoms with Gasteiger partial charge in [-0.05, 0) is 12.3 Å². The first-order valence-electron chi connectivity index (χ1n) is 3.91. The molecule has 1 fully saturated rings. The second-order valence-corrected chi connectivity index (χ2v) is 2.91. The summed E-state index contributed by atoms with van der Waals surface area (Å²) in [6.45, 7) is 2.35. The fourth-order valence-electron chi connectivity index (χ4n) is 1.39. The number of nitriles is 1. The van der Waals surface area contributed by atoms with E-state index < -0.39 is 0 Å². The van der Waals surface area contributed by atoms with Gasteiger partial charge in [0.1, 0.15) is 6.54 Å². The molecule has 0 heterocycles. The molecule has 0 aromatic rings. The van der Waals surface area contributed by atoms with Crippen molar-refractivity contribution >= 4 is 6.41 Å². The standard InChI is InChI=1S/C8H12N2O/c1-2-7-5-8(7)10(6-11)4-3-9/h6-8H,2,4-5H2,1H3. The molecule has 1 rings (SSSR count). The molecule has 0 bridgehead atoms. The summed E-state index contributed by atoms with van der Waals surface area (Å²) in [5.41, 5.74) is 0. The lowest BCUT2D eigenvalue weighted by Gasteiger charge is -2.11. The quantitative estimate of drug-likeness (QED) is 0.441. The number of nitrogens with zero attached hydrogens (tertiary/aromatic N) is 2. The van der Waals surface area contributed by atoms with E-state index in [1.165, 1.54) is 0 Å². The SMILES string of the molecule is CCC1CC1N(C=O)CC#N. The molecule has 1 aliphatic carbocycles. The van der Waals surface area contributed by atoms with Crippen molar-refractivity contribution in [1.82, 2.24) is 4.90 Å². The van der Waals surface area contributed by atoms with E-state index in [9.17, 15) is 4.79 Å². The predicted octanol–water partition coefficient (Wildman–Crippen LogP) is 0.767. The third-order valence-corrected chi connectivity index (χ3v) is 2.22. The van der Waals surface area contributed by atoms with Gasteiger partial charge in [-0.1, -0.05) is 13.3 Å². The molecule has 11 heavy (non-hydrogen) atoms. The molecular weight excluding hydrogens is 140 g/mol. The largest absolute Gasteiger partial charge is 0.329 e. The van der Waals surface area contributed by atoms with Gasteiger partial charge in [0.2, 0.25) is 6.41 Å². The Balaban J connectivity index is 2.34. The van der Waals surface area contributed by atoms with E-state index in [1.807, 2.05) is 6.07 Å². The molecule has 2 unspecified atom stereocenters. The van der Waals surface area contributed by atoms with Crippen LogP contribution in [0.2, 0.25) is 0 Å². The van der Waals surface area contributed by atoms with Crippen LogP contribution in [0.15, 0.2) is 0 Å². The fourth-order valence-corrected chi connectivity index (χ4v) is 1.39. The minimum absolute atomic E-state index is 0.241. The van der Waals surface area contributed by atoms with E-state index in [4.69, 9.17) is 5.26 Å². The van der Waals surface area contributed by atoms with Gasteiger partial charge in [0.15, 0.2) is 0 Å². The average molecular weight is 152 g/mol. The van der Waals surface area contributed by atoms with Crippen molar-refractivity contribution in [2.75, 3.05) is 6.54 Å². The van der Waals surface area contributed by atoms with Gasteiger partial charge in [-0.25, -0.2) is 0 Å². The van der Waals surface area contributed by atoms with Crippen LogP contribution >= 0.6 is 0 Å². The Labute approximate surface area is 66.6 Å². The van der Waals surface area contributed by atoms with E-state index in [0.29, 0.717) is 12.0 Å². The van der Waals surface area contributed by atoms with Crippen molar-refractivity contribution in [1.29, 1.82) is 5.26 Å². The number of carbonyl (C=O) groups excluding carboxylic acids is 1. The zero-order chi connectivity index (χ0) is 8.27. The first-order valence-corrected chi connectivity index (χ1v) is 3.91. The van der Waals surface area contributed by atoms with Crippen LogP contribution in [0.25, 0.3) is 0 Å². The molecule has 2 atom stereocenters. The van der Waals surface area contributed by atoms with Crippen LogP contribution in [0.3, 0.4) is 0 Å². The summed E-state index contributed by atoms with van der Waals surface area (Å²) in [5, 5.41) is 8.35. The Kier molecular flexibility index (Phi) is 2.48. The van der Waals surface area contributed by atoms with Gasteiger partial charge in [0.25, 0.3) is 0 Å². The Bertz CT molecular complexity index is 185. The Morgan fingerprint density at radius 1 is 1.82 bits per heavy atom. The van der Waals surface area contributed by atoms with Crippen LogP contribution in [0.5, 0.6) is 0 Å². The summed E-state index contributed by atoms with van der Waals surface area (Å²) in [6, 6.07) is 2.34. The summed E-state index contributed by atoms with van der Waals surface area (Å²) in [5.74, 6) is 0.647. The number of hydrogen-bond acceptors (Lipinski definition) is 2. The minimum atomic E-state index is 0.241. The third kappa shape index (κ3) is 1.70. The summed E-state index contributed by atoms with van der Waals surface area (Å²) >= 11 is 0. The summed E-state index contributed by atoms with van der Waals surface area (Å²) in [6.07, 6.45) is 2.97. The zero-order valence-corrected chi connectivity index (χ0v) is 6.66. The third-order valence-electron chi connectivity index (χ3n) is 2.22. The molecule has 0 aromatic carbocycles. The first-order chi connectivity index (χ1) is 5.33. The van der Waals surface area contributed by atoms with Gasteiger partial charge in [0.05, 0.1) is 6.07 Å². The maximum absolute atomic E-state index is 10.4. The number of hydrogen-bond donors (Lipinski definition) is 0. The van der Waals surface area contributed by atoms with Gasteiger partial charge < -0.3 is 4.90 Å². The predicted molar refractivity (Wildman–Crippen MR) is 40.6 cm³/mol. The van der Waals surface area contributed by atoms with Gasteiger partial charge in [0, 0.05) is 6.04 Å². The lowest BCUT2D eigenvalue weighted by Crippen LogP contribution is -2.25. The monoisotopic (exact) mass is 152 g/mol. The number of carbonyl (C=O) groups is 1. The average Bonchev–Trinajstić information content (AvgIpc) is 2.79. The highest BCUT2D eigenvalue weighted by molar-refractivity contribution is 5.49. The first kappa shape index (κ1) is 8.06. The lowest BCUT2D eigenvalue weighted by atomic mass is 10.3. The van der Waals surface area contributed by atoms with Crippen molar-refractivity contribution in [2.45, 2.75) is 25.8 Å². The van der Waals surface area contributed by atoms with Crippen LogP contribution in [0.4, 0.5) is 0 Å². The molecule has 0 N–H and O–H groups in total. The van der Waals surface area contributed by atoms with Crippen LogP contribution in [0.1, 0.15) is 19.8 Å². The molecular formula is C8H12N2O. The fraction of sp³-hybridized carbons (Fsp3) is 0.750. The molecule has 0 spiro atoms. The summed E-state index contributed by atoms with van der Waals surface area (Å²) in [7, 11) is 0. The second-order valence-electron chi connectivity index (χ2n) is 2.91. The number of rotatable bonds is 4. The molecule has 0 aliphatic heterocycles. The van der Waals surface area contributed by atoms with Gasteiger partial charge in [-0.3, -0.25) is 4.79 Å². The van der Waals surface area contributed by atoms with Gasteiger partial charge >= 0.3 is 0 Å². The van der Waals surface area contributed by atoms with Gasteiger partial charge in [-0.2, -0.15) is 5.26 Å². The van der Waals surface area contributed by atoms with E-state index in [0.717, 1.165) is 19.3 Å². The van der Waals surface area contributed by atoms with Crippen molar-refractivity contribution in [3.8, 4) is 6.07 Å². The maximum Gasteiger partial charge on any atom is 0.210 e. The molecule has 0 radical (unpaired) electrons. The van der Waals surface area contributed by atoms with Crippen molar-refractivity contribution in [3.63, 3.8) is 0 Å². The summed E-state index contributed by atoms with van der Waals surface area (Å²) in [4.78, 5) is 12.0. The molecule has 1 aliphatic rings. The molecule has 3 heteroatoms. The molecule has 60 valence electrons. The Morgan fingerprint density at radius 3 is 2.91 bits per heavy atom. The zero-order valence-electron chi connectivity index (χ0n) is 6.66. The molecule has 0 aromatic heterocycles. The summed E-state index contributed by atoms with van der Waals surface area (Å²) < 4.78 is 0. The van der Waals surface area contributed by atoms with Crippen molar-refractivity contribution in [2.24, 2.45) is 5.92 Å². The topological polar surface area (TPSA) is 44.1 Å². The number of amides is 1. The van der Waals surface area contributed by atoms with Crippen LogP contribution in [0, 0.1) is 17.2 Å². The van der Waals surface area contributed by atoms with E-state index in [-0.39, 0.29) is 6.54 Å². The Morgan fingerprint density at radius 2 is 2.55 bits per heavy atom. The molecule has 1 amide bonds. The van der Waals surface area contributed by atoms with Crippen LogP contribution in [-0.4, -0.2) is 23.9 Å². The Hall–Kier alpha value is -1.04. The van der Waals surface area contributed by atoms with Gasteiger partial charge in [-0.15, -0.1) is 0 Å². The highest BCUT2D eigenvalue weighted by Gasteiger charge is 2.39. The highest BCUT2D eigenvalue weighted by atomic mass is 16.1. The smallest absolute Gasteiger partial charge is 0.210 e. The molecule has 1 saturated carbocycles. The van der Waals surface area contributed by atoms with Crippen molar-refractivity contribution < 1.29 is 4.79 Å². The lowest BCUT2D eigenvalue weighted by molar-refractivity contribution is -0.118. The highest BCUT2D eigenvalue weighted by Crippen LogP contribution is 2.37. The van der Waals surface area contributed by atoms with Crippen LogP contribution < -0.4 is 0 Å². The minimum Gasteiger partial charge on any atom is -0.329 e. The normalized spacial score (nSPS) is 27.3. The van der Waals surface area contributed by atoms with E-state index in [2.05, 4.69) is 6.92 Å². The van der Waals surface area contributed by atoms with E-state index in [1.54, 1.807) is 4.90 Å². The maximum atomic E-state index is 10.4. The van der Waals surface area contributed by atoms with Crippen LogP contribution in [-0.2, 0) is 4.79 Å². The second kappa shape index (κ2) is 3.38. The molecule has 0 saturated heterocycles. The van der Waals surface area contributed by atoms with Crippen molar-refractivity contribution in [3.05, 3.63) is 0 Å². The van der Waals surface area contributed by atoms with E-state index >= 15 is 0 Å². The molecule has 3 nitrogen and oxygen atoms in total.